The normalized spacial score (nSPS) is 11.6. The first kappa shape index (κ1) is 6.14. The molecular weight excluding hydrogens is 92.1 g/mol. The van der Waals surface area contributed by atoms with Crippen molar-refractivity contribution in [3.63, 3.8) is 0 Å². The Labute approximate surface area is 42.4 Å². The fourth-order valence-electron chi connectivity index (χ4n) is 0.182. The van der Waals surface area contributed by atoms with Crippen molar-refractivity contribution in [3.8, 4) is 0 Å². The summed E-state index contributed by atoms with van der Waals surface area (Å²) in [6, 6.07) is 0. The van der Waals surface area contributed by atoms with E-state index in [2.05, 4.69) is 10.1 Å². The molecule has 0 saturated heterocycles. The number of nitrogens with zero attached hydrogens (tertiary/aromatic N) is 2. The van der Waals surface area contributed by atoms with Gasteiger partial charge >= 0.3 is 0 Å². The highest BCUT2D eigenvalue weighted by Gasteiger charge is 1.59. The fraction of sp³-hybridized carbons (Fsp3) is 0.500. The second-order valence-corrected chi connectivity index (χ2v) is 0.912. The molecule has 3 heteroatoms. The summed E-state index contributed by atoms with van der Waals surface area (Å²) in [7, 11) is 0. The van der Waals surface area contributed by atoms with Crippen LogP contribution in [0.5, 0.6) is 0 Å². The van der Waals surface area contributed by atoms with Gasteiger partial charge in [-0.05, 0) is 6.92 Å². The van der Waals surface area contributed by atoms with Crippen LogP contribution in [0.25, 0.3) is 0 Å². The van der Waals surface area contributed by atoms with E-state index in [-0.39, 0.29) is 0 Å². The van der Waals surface area contributed by atoms with Crippen LogP contribution in [0.15, 0.2) is 10.1 Å². The first-order valence-corrected chi connectivity index (χ1v) is 2.07. The van der Waals surface area contributed by atoms with Crippen molar-refractivity contribution in [2.75, 3.05) is 6.54 Å². The predicted molar refractivity (Wildman–Crippen MR) is 29.3 cm³/mol. The molecule has 0 heterocycles. The van der Waals surface area contributed by atoms with Crippen LogP contribution in [-0.4, -0.2) is 24.2 Å². The van der Waals surface area contributed by atoms with E-state index in [0.717, 1.165) is 6.54 Å². The fourth-order valence-corrected chi connectivity index (χ4v) is 0.182. The van der Waals surface area contributed by atoms with E-state index < -0.39 is 0 Å². The molecule has 0 radical (unpaired) electrons. The first-order chi connectivity index (χ1) is 3.41. The van der Waals surface area contributed by atoms with E-state index in [9.17, 15) is 0 Å². The molecule has 0 unspecified atom stereocenters. The zero-order valence-electron chi connectivity index (χ0n) is 4.20. The van der Waals surface area contributed by atoms with E-state index in [4.69, 9.17) is 5.21 Å². The minimum Gasteiger partial charge on any atom is -0.411 e. The second-order valence-electron chi connectivity index (χ2n) is 0.912. The van der Waals surface area contributed by atoms with E-state index in [1.54, 1.807) is 0 Å². The molecule has 0 aromatic carbocycles. The standard InChI is InChI=1S/C4H8N2O/c1-2-5-3-4-6-7/h3-4,7H,2H2,1H3. The van der Waals surface area contributed by atoms with Crippen molar-refractivity contribution < 1.29 is 5.21 Å². The maximum Gasteiger partial charge on any atom is 0.0839 e. The van der Waals surface area contributed by atoms with Gasteiger partial charge in [0.15, 0.2) is 0 Å². The Hall–Kier alpha value is -0.860. The molecule has 0 bridgehead atoms. The number of aliphatic imine (C=N–C) groups is 1. The van der Waals surface area contributed by atoms with Gasteiger partial charge in [0, 0.05) is 12.8 Å². The molecule has 0 spiro atoms. The third kappa shape index (κ3) is 5.14. The van der Waals surface area contributed by atoms with Crippen LogP contribution in [-0.2, 0) is 0 Å². The lowest BCUT2D eigenvalue weighted by Crippen LogP contribution is -1.75. The Bertz CT molecular complexity index is 77.8. The van der Waals surface area contributed by atoms with Gasteiger partial charge in [0.1, 0.15) is 0 Å². The molecule has 40 valence electrons. The van der Waals surface area contributed by atoms with Gasteiger partial charge in [-0.3, -0.25) is 4.99 Å². The van der Waals surface area contributed by atoms with E-state index in [1.807, 2.05) is 6.92 Å². The Morgan fingerprint density at radius 3 is 2.71 bits per heavy atom. The number of hydrogen-bond acceptors (Lipinski definition) is 3. The number of oxime groups is 1. The molecular formula is C4H8N2O. The Morgan fingerprint density at radius 1 is 1.57 bits per heavy atom. The predicted octanol–water partition coefficient (Wildman–Crippen LogP) is 0.537. The van der Waals surface area contributed by atoms with Crippen molar-refractivity contribution in [2.45, 2.75) is 6.92 Å². The highest BCUT2D eigenvalue weighted by Crippen LogP contribution is 1.58. The minimum atomic E-state index is 0.728. The Morgan fingerprint density at radius 2 is 2.29 bits per heavy atom. The average Bonchev–Trinajstić information content (AvgIpc) is 1.69. The van der Waals surface area contributed by atoms with Crippen molar-refractivity contribution in [1.29, 1.82) is 0 Å². The van der Waals surface area contributed by atoms with E-state index in [0.29, 0.717) is 0 Å². The summed E-state index contributed by atoms with van der Waals surface area (Å²) in [5.41, 5.74) is 0. The maximum atomic E-state index is 7.77. The molecule has 0 saturated carbocycles. The van der Waals surface area contributed by atoms with Crippen LogP contribution < -0.4 is 0 Å². The summed E-state index contributed by atoms with van der Waals surface area (Å²) in [5.74, 6) is 0. The zero-order valence-corrected chi connectivity index (χ0v) is 4.20. The third-order valence-corrected chi connectivity index (χ3v) is 0.421. The van der Waals surface area contributed by atoms with Crippen molar-refractivity contribution in [1.82, 2.24) is 0 Å². The van der Waals surface area contributed by atoms with Gasteiger partial charge in [-0.1, -0.05) is 5.16 Å². The van der Waals surface area contributed by atoms with Crippen LogP contribution in [0, 0.1) is 0 Å². The summed E-state index contributed by atoms with van der Waals surface area (Å²) in [6.45, 7) is 2.63. The first-order valence-electron chi connectivity index (χ1n) is 2.07. The Balaban J connectivity index is 3.09. The molecule has 0 rings (SSSR count). The number of rotatable bonds is 2. The molecule has 0 aliphatic carbocycles. The largest absolute Gasteiger partial charge is 0.411 e. The van der Waals surface area contributed by atoms with Crippen molar-refractivity contribution in [2.24, 2.45) is 10.1 Å². The number of hydrogen-bond donors (Lipinski definition) is 1. The molecule has 0 aromatic rings. The lowest BCUT2D eigenvalue weighted by Gasteiger charge is -1.71. The van der Waals surface area contributed by atoms with Crippen molar-refractivity contribution >= 4 is 12.4 Å². The molecule has 0 aliphatic heterocycles. The zero-order chi connectivity index (χ0) is 5.54. The second kappa shape index (κ2) is 5.14. The van der Waals surface area contributed by atoms with Crippen LogP contribution in [0.3, 0.4) is 0 Å². The highest BCUT2D eigenvalue weighted by molar-refractivity contribution is 6.15. The quantitative estimate of drug-likeness (QED) is 0.307. The van der Waals surface area contributed by atoms with Crippen LogP contribution in [0.2, 0.25) is 0 Å². The molecule has 0 atom stereocenters. The summed E-state index contributed by atoms with van der Waals surface area (Å²) in [4.78, 5) is 3.73. The van der Waals surface area contributed by atoms with Gasteiger partial charge in [-0.25, -0.2) is 0 Å². The van der Waals surface area contributed by atoms with Gasteiger partial charge in [-0.15, -0.1) is 0 Å². The van der Waals surface area contributed by atoms with Gasteiger partial charge in [0.2, 0.25) is 0 Å². The summed E-state index contributed by atoms with van der Waals surface area (Å²) < 4.78 is 0. The van der Waals surface area contributed by atoms with Crippen molar-refractivity contribution in [3.05, 3.63) is 0 Å². The average molecular weight is 100 g/mol. The van der Waals surface area contributed by atoms with Crippen LogP contribution in [0.4, 0.5) is 0 Å². The van der Waals surface area contributed by atoms with Gasteiger partial charge in [0.05, 0.1) is 6.21 Å². The van der Waals surface area contributed by atoms with Crippen LogP contribution >= 0.6 is 0 Å². The SMILES string of the molecule is CCN=CC=NO. The third-order valence-electron chi connectivity index (χ3n) is 0.421. The summed E-state index contributed by atoms with van der Waals surface area (Å²) in [5, 5.41) is 10.5. The lowest BCUT2D eigenvalue weighted by molar-refractivity contribution is 0.322. The lowest BCUT2D eigenvalue weighted by atomic mass is 10.7. The molecule has 7 heavy (non-hydrogen) atoms. The summed E-state index contributed by atoms with van der Waals surface area (Å²) >= 11 is 0. The van der Waals surface area contributed by atoms with Gasteiger partial charge in [0.25, 0.3) is 0 Å². The molecule has 0 aliphatic rings. The molecule has 0 aromatic heterocycles. The molecule has 3 nitrogen and oxygen atoms in total. The smallest absolute Gasteiger partial charge is 0.0839 e. The van der Waals surface area contributed by atoms with E-state index >= 15 is 0 Å². The topological polar surface area (TPSA) is 45.0 Å². The Kier molecular flexibility index (Phi) is 4.51. The highest BCUT2D eigenvalue weighted by atomic mass is 16.4. The minimum absolute atomic E-state index is 0.728. The van der Waals surface area contributed by atoms with E-state index in [1.165, 1.54) is 12.4 Å². The van der Waals surface area contributed by atoms with Crippen LogP contribution in [0.1, 0.15) is 6.92 Å². The van der Waals surface area contributed by atoms with Gasteiger partial charge in [-0.2, -0.15) is 0 Å². The summed E-state index contributed by atoms with van der Waals surface area (Å²) in [6.07, 6.45) is 2.67. The molecule has 1 N–H and O–H groups in total. The maximum absolute atomic E-state index is 7.77. The monoisotopic (exact) mass is 100 g/mol. The van der Waals surface area contributed by atoms with Gasteiger partial charge < -0.3 is 5.21 Å². The molecule has 0 fully saturated rings. The molecule has 0 amide bonds.